The first-order valence-electron chi connectivity index (χ1n) is 8.67. The van der Waals surface area contributed by atoms with Crippen LogP contribution >= 0.6 is 0 Å². The Balaban J connectivity index is 1.66. The van der Waals surface area contributed by atoms with Crippen LogP contribution in [0.25, 0.3) is 11.4 Å². The zero-order chi connectivity index (χ0) is 21.0. The molecular weight excluding hydrogens is 399 g/mol. The summed E-state index contributed by atoms with van der Waals surface area (Å²) in [7, 11) is -3.94. The third kappa shape index (κ3) is 5.24. The molecule has 10 heteroatoms. The maximum Gasteiger partial charge on any atom is 0.241 e. The summed E-state index contributed by atoms with van der Waals surface area (Å²) >= 11 is 0. The van der Waals surface area contributed by atoms with Gasteiger partial charge in [0.15, 0.2) is 0 Å². The van der Waals surface area contributed by atoms with Gasteiger partial charge in [-0.15, -0.1) is 0 Å². The average molecular weight is 418 g/mol. The maximum atomic E-state index is 12.9. The highest BCUT2D eigenvalue weighted by Crippen LogP contribution is 2.23. The van der Waals surface area contributed by atoms with Crippen LogP contribution in [0.5, 0.6) is 0 Å². The highest BCUT2D eigenvalue weighted by molar-refractivity contribution is 7.89. The number of halogens is 1. The molecule has 0 fully saturated rings. The Morgan fingerprint density at radius 3 is 2.52 bits per heavy atom. The van der Waals surface area contributed by atoms with E-state index in [-0.39, 0.29) is 23.1 Å². The smallest absolute Gasteiger partial charge is 0.241 e. The van der Waals surface area contributed by atoms with E-state index in [1.54, 1.807) is 26.0 Å². The molecule has 0 aliphatic carbocycles. The van der Waals surface area contributed by atoms with Crippen molar-refractivity contribution in [2.45, 2.75) is 25.3 Å². The highest BCUT2D eigenvalue weighted by atomic mass is 32.2. The Morgan fingerprint density at radius 1 is 1.14 bits per heavy atom. The number of sulfonamides is 1. The molecule has 0 atom stereocenters. The molecule has 0 spiro atoms. The van der Waals surface area contributed by atoms with E-state index in [9.17, 15) is 17.6 Å². The number of amides is 1. The molecule has 1 amide bonds. The number of benzene rings is 2. The van der Waals surface area contributed by atoms with Gasteiger partial charge >= 0.3 is 0 Å². The van der Waals surface area contributed by atoms with Crippen LogP contribution in [0.15, 0.2) is 51.9 Å². The summed E-state index contributed by atoms with van der Waals surface area (Å²) in [6.07, 6.45) is 0. The van der Waals surface area contributed by atoms with Crippen LogP contribution in [0.1, 0.15) is 17.0 Å². The van der Waals surface area contributed by atoms with Crippen LogP contribution in [0, 0.1) is 19.7 Å². The molecule has 8 nitrogen and oxygen atoms in total. The van der Waals surface area contributed by atoms with Gasteiger partial charge in [-0.3, -0.25) is 4.79 Å². The van der Waals surface area contributed by atoms with E-state index in [1.165, 1.54) is 30.3 Å². The van der Waals surface area contributed by atoms with Gasteiger partial charge in [-0.2, -0.15) is 4.98 Å². The van der Waals surface area contributed by atoms with Gasteiger partial charge in [0.05, 0.1) is 11.4 Å². The minimum atomic E-state index is -3.94. The fourth-order valence-electron chi connectivity index (χ4n) is 2.55. The average Bonchev–Trinajstić information content (AvgIpc) is 3.12. The van der Waals surface area contributed by atoms with Gasteiger partial charge in [-0.25, -0.2) is 17.5 Å². The predicted molar refractivity (Wildman–Crippen MR) is 103 cm³/mol. The lowest BCUT2D eigenvalue weighted by molar-refractivity contribution is -0.120. The Hall–Kier alpha value is -3.11. The summed E-state index contributed by atoms with van der Waals surface area (Å²) in [6, 6.07) is 10.4. The number of nitrogens with one attached hydrogen (secondary N) is 2. The summed E-state index contributed by atoms with van der Waals surface area (Å²) in [4.78, 5) is 16.1. The molecule has 1 heterocycles. The normalized spacial score (nSPS) is 11.4. The second kappa shape index (κ2) is 8.50. The van der Waals surface area contributed by atoms with Crippen LogP contribution in [-0.4, -0.2) is 31.0 Å². The third-order valence-electron chi connectivity index (χ3n) is 4.09. The molecular formula is C19H19FN4O4S. The molecule has 0 aliphatic heterocycles. The standard InChI is InChI=1S/C19H19FN4O4S/c1-12-3-6-15(19-23-13(2)28-24-19)9-17(12)29(26,27)22-11-18(25)21-10-14-4-7-16(20)8-5-14/h3-9,22H,10-11H2,1-2H3,(H,21,25). The van der Waals surface area contributed by atoms with Crippen LogP contribution in [0.3, 0.4) is 0 Å². The number of rotatable bonds is 7. The summed E-state index contributed by atoms with van der Waals surface area (Å²) in [5.74, 6) is -0.251. The molecule has 0 unspecified atom stereocenters. The van der Waals surface area contributed by atoms with Gasteiger partial charge in [0.1, 0.15) is 5.82 Å². The first-order chi connectivity index (χ1) is 13.7. The topological polar surface area (TPSA) is 114 Å². The fraction of sp³-hybridized carbons (Fsp3) is 0.211. The third-order valence-corrected chi connectivity index (χ3v) is 5.63. The molecule has 152 valence electrons. The van der Waals surface area contributed by atoms with Crippen molar-refractivity contribution in [3.05, 3.63) is 65.3 Å². The molecule has 2 N–H and O–H groups in total. The van der Waals surface area contributed by atoms with Crippen molar-refractivity contribution in [1.82, 2.24) is 20.2 Å². The second-order valence-electron chi connectivity index (χ2n) is 6.35. The van der Waals surface area contributed by atoms with E-state index < -0.39 is 22.5 Å². The number of aromatic nitrogens is 2. The number of carbonyl (C=O) groups excluding carboxylic acids is 1. The summed E-state index contributed by atoms with van der Waals surface area (Å²) in [5, 5.41) is 6.36. The zero-order valence-corrected chi connectivity index (χ0v) is 16.6. The molecule has 0 saturated heterocycles. The van der Waals surface area contributed by atoms with Gasteiger partial charge in [0.2, 0.25) is 27.6 Å². The number of hydrogen-bond donors (Lipinski definition) is 2. The van der Waals surface area contributed by atoms with Gasteiger partial charge < -0.3 is 9.84 Å². The molecule has 0 aliphatic rings. The Bertz CT molecular complexity index is 1130. The molecule has 0 radical (unpaired) electrons. The summed E-state index contributed by atoms with van der Waals surface area (Å²) in [5.41, 5.74) is 1.68. The number of hydrogen-bond acceptors (Lipinski definition) is 6. The van der Waals surface area contributed by atoms with Gasteiger partial charge in [-0.1, -0.05) is 29.4 Å². The van der Waals surface area contributed by atoms with Crippen LogP contribution < -0.4 is 10.0 Å². The quantitative estimate of drug-likeness (QED) is 0.607. The fourth-order valence-corrected chi connectivity index (χ4v) is 3.80. The maximum absolute atomic E-state index is 12.9. The van der Waals surface area contributed by atoms with Crippen molar-refractivity contribution in [2.75, 3.05) is 6.54 Å². The lowest BCUT2D eigenvalue weighted by Gasteiger charge is -2.11. The Labute approximate surface area is 167 Å². The molecule has 29 heavy (non-hydrogen) atoms. The van der Waals surface area contributed by atoms with E-state index >= 15 is 0 Å². The zero-order valence-electron chi connectivity index (χ0n) is 15.8. The molecule has 3 rings (SSSR count). The Kier molecular flexibility index (Phi) is 6.04. The number of carbonyl (C=O) groups is 1. The molecule has 0 bridgehead atoms. The monoisotopic (exact) mass is 418 g/mol. The largest absolute Gasteiger partial charge is 0.351 e. The minimum Gasteiger partial charge on any atom is -0.351 e. The van der Waals surface area contributed by atoms with E-state index in [4.69, 9.17) is 4.52 Å². The molecule has 2 aromatic carbocycles. The second-order valence-corrected chi connectivity index (χ2v) is 8.08. The molecule has 3 aromatic rings. The minimum absolute atomic E-state index is 0.0174. The van der Waals surface area contributed by atoms with Crippen LogP contribution in [0.4, 0.5) is 4.39 Å². The van der Waals surface area contributed by atoms with E-state index in [2.05, 4.69) is 20.2 Å². The van der Waals surface area contributed by atoms with Crippen LogP contribution in [0.2, 0.25) is 0 Å². The van der Waals surface area contributed by atoms with Gasteiger partial charge in [-0.05, 0) is 36.2 Å². The lowest BCUT2D eigenvalue weighted by atomic mass is 10.1. The van der Waals surface area contributed by atoms with Crippen molar-refractivity contribution < 1.29 is 22.1 Å². The predicted octanol–water partition coefficient (Wildman–Crippen LogP) is 2.09. The lowest BCUT2D eigenvalue weighted by Crippen LogP contribution is -2.36. The highest BCUT2D eigenvalue weighted by Gasteiger charge is 2.20. The van der Waals surface area contributed by atoms with Crippen LogP contribution in [-0.2, 0) is 21.4 Å². The van der Waals surface area contributed by atoms with Crippen molar-refractivity contribution in [2.24, 2.45) is 0 Å². The van der Waals surface area contributed by atoms with Crippen molar-refractivity contribution in [1.29, 1.82) is 0 Å². The summed E-state index contributed by atoms with van der Waals surface area (Å²) < 4.78 is 45.4. The number of aryl methyl sites for hydroxylation is 2. The van der Waals surface area contributed by atoms with Crippen molar-refractivity contribution in [3.63, 3.8) is 0 Å². The van der Waals surface area contributed by atoms with E-state index in [0.29, 0.717) is 22.6 Å². The SMILES string of the molecule is Cc1nc(-c2ccc(C)c(S(=O)(=O)NCC(=O)NCc3ccc(F)cc3)c2)no1. The molecule has 1 aromatic heterocycles. The Morgan fingerprint density at radius 2 is 1.86 bits per heavy atom. The van der Waals surface area contributed by atoms with Gasteiger partial charge in [0.25, 0.3) is 0 Å². The van der Waals surface area contributed by atoms with Gasteiger partial charge in [0, 0.05) is 19.0 Å². The van der Waals surface area contributed by atoms with Crippen molar-refractivity contribution >= 4 is 15.9 Å². The first-order valence-corrected chi connectivity index (χ1v) is 10.1. The van der Waals surface area contributed by atoms with Crippen molar-refractivity contribution in [3.8, 4) is 11.4 Å². The van der Waals surface area contributed by atoms with E-state index in [0.717, 1.165) is 0 Å². The number of nitrogens with zero attached hydrogens (tertiary/aromatic N) is 2. The summed E-state index contributed by atoms with van der Waals surface area (Å²) in [6.45, 7) is 3.00. The first kappa shape index (κ1) is 20.6. The van der Waals surface area contributed by atoms with E-state index in [1.807, 2.05) is 0 Å². The molecule has 0 saturated carbocycles.